The van der Waals surface area contributed by atoms with Crippen molar-refractivity contribution in [3.8, 4) is 0 Å². The Kier molecular flexibility index (Phi) is 5.15. The molecule has 1 atom stereocenters. The predicted octanol–water partition coefficient (Wildman–Crippen LogP) is 3.63. The van der Waals surface area contributed by atoms with E-state index in [9.17, 15) is 4.79 Å². The van der Waals surface area contributed by atoms with Crippen molar-refractivity contribution in [2.24, 2.45) is 11.8 Å². The second kappa shape index (κ2) is 6.85. The van der Waals surface area contributed by atoms with E-state index in [1.54, 1.807) is 0 Å². The minimum absolute atomic E-state index is 0.0905. The van der Waals surface area contributed by atoms with Crippen LogP contribution < -0.4 is 0 Å². The van der Waals surface area contributed by atoms with Gasteiger partial charge in [-0.15, -0.1) is 0 Å². The lowest BCUT2D eigenvalue weighted by Gasteiger charge is -2.24. The van der Waals surface area contributed by atoms with Crippen LogP contribution in [0.4, 0.5) is 0 Å². The number of rotatable bonds is 8. The summed E-state index contributed by atoms with van der Waals surface area (Å²) in [6.45, 7) is 7.47. The zero-order chi connectivity index (χ0) is 13.7. The second-order valence-electron chi connectivity index (χ2n) is 5.83. The van der Waals surface area contributed by atoms with Crippen LogP contribution >= 0.6 is 0 Å². The van der Waals surface area contributed by atoms with Gasteiger partial charge in [-0.2, -0.15) is 0 Å². The summed E-state index contributed by atoms with van der Waals surface area (Å²) in [5.41, 5.74) is 0.845. The lowest BCUT2D eigenvalue weighted by atomic mass is 9.98. The van der Waals surface area contributed by atoms with E-state index in [0.717, 1.165) is 24.6 Å². The largest absolute Gasteiger partial charge is 0.302 e. The molecule has 0 radical (unpaired) electrons. The number of Topliss-reactive ketones (excluding diaryl/α,β-unsaturated/α-hetero) is 1. The van der Waals surface area contributed by atoms with Gasteiger partial charge in [-0.25, -0.2) is 0 Å². The molecule has 0 N–H and O–H groups in total. The number of carbonyl (C=O) groups is 1. The third kappa shape index (κ3) is 4.46. The van der Waals surface area contributed by atoms with Gasteiger partial charge in [-0.05, 0) is 31.7 Å². The van der Waals surface area contributed by atoms with Gasteiger partial charge in [-0.3, -0.25) is 4.79 Å². The van der Waals surface area contributed by atoms with Crippen molar-refractivity contribution in [3.63, 3.8) is 0 Å². The third-order valence-corrected chi connectivity index (χ3v) is 3.79. The lowest BCUT2D eigenvalue weighted by molar-refractivity contribution is 0.0891. The normalized spacial score (nSPS) is 16.6. The lowest BCUT2D eigenvalue weighted by Crippen LogP contribution is -2.34. The second-order valence-corrected chi connectivity index (χ2v) is 5.83. The molecule has 104 valence electrons. The number of benzene rings is 1. The molecule has 1 unspecified atom stereocenters. The molecule has 2 rings (SSSR count). The maximum absolute atomic E-state index is 12.4. The average molecular weight is 259 g/mol. The van der Waals surface area contributed by atoms with Crippen molar-refractivity contribution < 1.29 is 4.79 Å². The number of nitrogens with zero attached hydrogens (tertiary/aromatic N) is 1. The summed E-state index contributed by atoms with van der Waals surface area (Å²) in [6.07, 6.45) is 3.92. The first-order chi connectivity index (χ1) is 9.20. The fourth-order valence-corrected chi connectivity index (χ4v) is 2.60. The summed E-state index contributed by atoms with van der Waals surface area (Å²) in [4.78, 5) is 14.8. The first-order valence-corrected chi connectivity index (χ1v) is 7.52. The van der Waals surface area contributed by atoms with Crippen LogP contribution in [-0.4, -0.2) is 30.3 Å². The molecular weight excluding hydrogens is 234 g/mol. The van der Waals surface area contributed by atoms with Gasteiger partial charge < -0.3 is 4.90 Å². The first-order valence-electron chi connectivity index (χ1n) is 7.52. The summed E-state index contributed by atoms with van der Waals surface area (Å²) in [7, 11) is 0. The van der Waals surface area contributed by atoms with Gasteiger partial charge in [0.2, 0.25) is 0 Å². The third-order valence-electron chi connectivity index (χ3n) is 3.79. The SMILES string of the molecule is CCCN(CC1CC1)CC(C)C(=O)c1ccccc1. The Morgan fingerprint density at radius 2 is 2.00 bits per heavy atom. The van der Waals surface area contributed by atoms with Crippen LogP contribution in [0.5, 0.6) is 0 Å². The molecule has 1 fully saturated rings. The number of hydrogen-bond donors (Lipinski definition) is 0. The molecule has 1 aromatic carbocycles. The summed E-state index contributed by atoms with van der Waals surface area (Å²) >= 11 is 0. The zero-order valence-electron chi connectivity index (χ0n) is 12.1. The van der Waals surface area contributed by atoms with Gasteiger partial charge in [-0.1, -0.05) is 44.2 Å². The maximum Gasteiger partial charge on any atom is 0.166 e. The van der Waals surface area contributed by atoms with E-state index in [0.29, 0.717) is 0 Å². The Bertz CT molecular complexity index is 397. The van der Waals surface area contributed by atoms with Gasteiger partial charge in [0.1, 0.15) is 0 Å². The Balaban J connectivity index is 1.90. The first kappa shape index (κ1) is 14.3. The summed E-state index contributed by atoms with van der Waals surface area (Å²) in [6, 6.07) is 9.67. The van der Waals surface area contributed by atoms with Crippen LogP contribution in [-0.2, 0) is 0 Å². The topological polar surface area (TPSA) is 20.3 Å². The molecule has 0 amide bonds. The highest BCUT2D eigenvalue weighted by Crippen LogP contribution is 2.30. The molecule has 0 saturated heterocycles. The van der Waals surface area contributed by atoms with Crippen molar-refractivity contribution in [1.82, 2.24) is 4.90 Å². The molecule has 1 aliphatic carbocycles. The highest BCUT2D eigenvalue weighted by atomic mass is 16.1. The molecule has 2 nitrogen and oxygen atoms in total. The van der Waals surface area contributed by atoms with Crippen LogP contribution in [0.1, 0.15) is 43.5 Å². The van der Waals surface area contributed by atoms with E-state index < -0.39 is 0 Å². The fourth-order valence-electron chi connectivity index (χ4n) is 2.60. The van der Waals surface area contributed by atoms with Gasteiger partial charge >= 0.3 is 0 Å². The molecule has 2 heteroatoms. The molecule has 19 heavy (non-hydrogen) atoms. The molecule has 0 heterocycles. The fraction of sp³-hybridized carbons (Fsp3) is 0.588. The van der Waals surface area contributed by atoms with Gasteiger partial charge in [0.15, 0.2) is 5.78 Å². The number of hydrogen-bond acceptors (Lipinski definition) is 2. The van der Waals surface area contributed by atoms with Crippen molar-refractivity contribution in [1.29, 1.82) is 0 Å². The van der Waals surface area contributed by atoms with Crippen molar-refractivity contribution in [2.75, 3.05) is 19.6 Å². The van der Waals surface area contributed by atoms with Gasteiger partial charge in [0, 0.05) is 24.6 Å². The smallest absolute Gasteiger partial charge is 0.166 e. The Morgan fingerprint density at radius 3 is 2.58 bits per heavy atom. The predicted molar refractivity (Wildman–Crippen MR) is 79.4 cm³/mol. The highest BCUT2D eigenvalue weighted by Gasteiger charge is 2.26. The van der Waals surface area contributed by atoms with Crippen molar-refractivity contribution in [3.05, 3.63) is 35.9 Å². The van der Waals surface area contributed by atoms with E-state index in [2.05, 4.69) is 18.7 Å². The summed E-state index contributed by atoms with van der Waals surface area (Å²) in [5.74, 6) is 1.26. The van der Waals surface area contributed by atoms with Crippen LogP contribution in [0, 0.1) is 11.8 Å². The van der Waals surface area contributed by atoms with Gasteiger partial charge in [0.25, 0.3) is 0 Å². The maximum atomic E-state index is 12.4. The van der Waals surface area contributed by atoms with E-state index in [1.165, 1.54) is 25.8 Å². The number of ketones is 1. The van der Waals surface area contributed by atoms with Crippen LogP contribution in [0.15, 0.2) is 30.3 Å². The van der Waals surface area contributed by atoms with Crippen molar-refractivity contribution >= 4 is 5.78 Å². The van der Waals surface area contributed by atoms with E-state index in [4.69, 9.17) is 0 Å². The van der Waals surface area contributed by atoms with Crippen LogP contribution in [0.2, 0.25) is 0 Å². The summed E-state index contributed by atoms with van der Waals surface area (Å²) in [5, 5.41) is 0. The number of carbonyl (C=O) groups excluding carboxylic acids is 1. The quantitative estimate of drug-likeness (QED) is 0.664. The molecule has 1 aromatic rings. The van der Waals surface area contributed by atoms with E-state index in [-0.39, 0.29) is 11.7 Å². The van der Waals surface area contributed by atoms with Crippen LogP contribution in [0.25, 0.3) is 0 Å². The molecule has 0 spiro atoms. The van der Waals surface area contributed by atoms with E-state index in [1.807, 2.05) is 30.3 Å². The molecule has 1 aliphatic rings. The molecule has 0 aromatic heterocycles. The monoisotopic (exact) mass is 259 g/mol. The Labute approximate surface area is 116 Å². The average Bonchev–Trinajstić information content (AvgIpc) is 3.23. The molecule has 0 bridgehead atoms. The zero-order valence-corrected chi connectivity index (χ0v) is 12.1. The summed E-state index contributed by atoms with van der Waals surface area (Å²) < 4.78 is 0. The molecule has 0 aliphatic heterocycles. The Morgan fingerprint density at radius 1 is 1.32 bits per heavy atom. The molecule has 1 saturated carbocycles. The van der Waals surface area contributed by atoms with Crippen LogP contribution in [0.3, 0.4) is 0 Å². The Hall–Kier alpha value is -1.15. The highest BCUT2D eigenvalue weighted by molar-refractivity contribution is 5.97. The minimum atomic E-state index is 0.0905. The van der Waals surface area contributed by atoms with Gasteiger partial charge in [0.05, 0.1) is 0 Å². The van der Waals surface area contributed by atoms with E-state index >= 15 is 0 Å². The molecular formula is C17H25NO. The standard InChI is InChI=1S/C17H25NO/c1-3-11-18(13-15-9-10-15)12-14(2)17(19)16-7-5-4-6-8-16/h4-8,14-15H,3,9-13H2,1-2H3. The minimum Gasteiger partial charge on any atom is -0.302 e. The van der Waals surface area contributed by atoms with Crippen molar-refractivity contribution in [2.45, 2.75) is 33.1 Å².